The molecule has 1 heterocycles. The SMILES string of the molecule is CC/C=C/COc1cnc(-c2ccc(C34CCC(CCCCC)(CC3)CC4)cc2)nc1. The molecule has 3 saturated carbocycles. The number of unbranched alkanes of at least 4 members (excludes halogenated alkanes) is 2. The summed E-state index contributed by atoms with van der Waals surface area (Å²) in [5, 5.41) is 0. The second-order valence-electron chi connectivity index (χ2n) is 9.75. The van der Waals surface area contributed by atoms with Crippen LogP contribution in [0, 0.1) is 5.41 Å². The van der Waals surface area contributed by atoms with Gasteiger partial charge >= 0.3 is 0 Å². The van der Waals surface area contributed by atoms with Crippen molar-refractivity contribution in [2.24, 2.45) is 5.41 Å². The molecule has 5 rings (SSSR count). The van der Waals surface area contributed by atoms with Crippen molar-refractivity contribution in [3.63, 3.8) is 0 Å². The number of benzene rings is 1. The molecule has 1 aromatic carbocycles. The summed E-state index contributed by atoms with van der Waals surface area (Å²) in [7, 11) is 0. The zero-order chi connectivity index (χ0) is 21.6. The van der Waals surface area contributed by atoms with Crippen LogP contribution in [0.25, 0.3) is 11.4 Å². The van der Waals surface area contributed by atoms with Crippen molar-refractivity contribution >= 4 is 0 Å². The van der Waals surface area contributed by atoms with Crippen LogP contribution < -0.4 is 4.74 Å². The van der Waals surface area contributed by atoms with Crippen molar-refractivity contribution in [3.8, 4) is 17.1 Å². The third-order valence-electron chi connectivity index (χ3n) is 7.84. The van der Waals surface area contributed by atoms with Crippen LogP contribution in [-0.4, -0.2) is 16.6 Å². The molecule has 3 nitrogen and oxygen atoms in total. The summed E-state index contributed by atoms with van der Waals surface area (Å²) in [4.78, 5) is 9.04. The molecule has 0 amide bonds. The Bertz CT molecular complexity index is 829. The molecule has 0 unspecified atom stereocenters. The predicted octanol–water partition coefficient (Wildman–Crippen LogP) is 7.66. The van der Waals surface area contributed by atoms with Gasteiger partial charge in [-0.05, 0) is 67.8 Å². The van der Waals surface area contributed by atoms with Gasteiger partial charge in [-0.25, -0.2) is 9.97 Å². The molecule has 0 saturated heterocycles. The van der Waals surface area contributed by atoms with Gasteiger partial charge in [0.25, 0.3) is 0 Å². The maximum absolute atomic E-state index is 5.66. The number of hydrogen-bond acceptors (Lipinski definition) is 3. The molecule has 0 aliphatic heterocycles. The highest BCUT2D eigenvalue weighted by Gasteiger charge is 2.48. The Morgan fingerprint density at radius 3 is 2.16 bits per heavy atom. The first-order valence-corrected chi connectivity index (χ1v) is 12.4. The first kappa shape index (κ1) is 22.0. The molecule has 3 fully saturated rings. The van der Waals surface area contributed by atoms with E-state index in [1.165, 1.54) is 69.8 Å². The zero-order valence-electron chi connectivity index (χ0n) is 19.4. The fourth-order valence-electron chi connectivity index (χ4n) is 5.71. The van der Waals surface area contributed by atoms with Gasteiger partial charge in [-0.15, -0.1) is 0 Å². The van der Waals surface area contributed by atoms with Gasteiger partial charge < -0.3 is 4.74 Å². The van der Waals surface area contributed by atoms with Gasteiger partial charge in [-0.3, -0.25) is 0 Å². The Morgan fingerprint density at radius 2 is 1.55 bits per heavy atom. The van der Waals surface area contributed by atoms with Gasteiger partial charge in [0.2, 0.25) is 0 Å². The molecule has 0 spiro atoms. The molecule has 31 heavy (non-hydrogen) atoms. The van der Waals surface area contributed by atoms with Crippen LogP contribution in [-0.2, 0) is 5.41 Å². The van der Waals surface area contributed by atoms with Crippen molar-refractivity contribution in [2.75, 3.05) is 6.61 Å². The molecule has 166 valence electrons. The Kier molecular flexibility index (Phi) is 7.09. The number of fused-ring (bicyclic) bond motifs is 3. The molecule has 3 aliphatic rings. The second kappa shape index (κ2) is 9.97. The van der Waals surface area contributed by atoms with Crippen LogP contribution in [0.3, 0.4) is 0 Å². The van der Waals surface area contributed by atoms with Gasteiger partial charge in [0.05, 0.1) is 12.4 Å². The number of nitrogens with zero attached hydrogens (tertiary/aromatic N) is 2. The Morgan fingerprint density at radius 1 is 0.871 bits per heavy atom. The molecule has 1 aromatic heterocycles. The van der Waals surface area contributed by atoms with E-state index < -0.39 is 0 Å². The fourth-order valence-corrected chi connectivity index (χ4v) is 5.71. The van der Waals surface area contributed by atoms with Crippen molar-refractivity contribution < 1.29 is 4.74 Å². The maximum Gasteiger partial charge on any atom is 0.159 e. The molecular formula is C28H38N2O. The van der Waals surface area contributed by atoms with Crippen LogP contribution in [0.2, 0.25) is 0 Å². The van der Waals surface area contributed by atoms with Crippen molar-refractivity contribution in [3.05, 3.63) is 54.4 Å². The number of aromatic nitrogens is 2. The van der Waals surface area contributed by atoms with E-state index in [1.807, 2.05) is 6.08 Å². The molecule has 0 radical (unpaired) electrons. The summed E-state index contributed by atoms with van der Waals surface area (Å²) in [5.74, 6) is 1.48. The minimum atomic E-state index is 0.412. The van der Waals surface area contributed by atoms with E-state index in [0.29, 0.717) is 23.2 Å². The third-order valence-corrected chi connectivity index (χ3v) is 7.84. The van der Waals surface area contributed by atoms with Crippen LogP contribution in [0.4, 0.5) is 0 Å². The predicted molar refractivity (Wildman–Crippen MR) is 128 cm³/mol. The lowest BCUT2D eigenvalue weighted by atomic mass is 9.51. The summed E-state index contributed by atoms with van der Waals surface area (Å²) in [6.07, 6.45) is 22.7. The normalized spacial score (nSPS) is 25.2. The van der Waals surface area contributed by atoms with E-state index >= 15 is 0 Å². The number of ether oxygens (including phenoxy) is 1. The number of rotatable bonds is 10. The van der Waals surface area contributed by atoms with Crippen LogP contribution >= 0.6 is 0 Å². The van der Waals surface area contributed by atoms with Crippen molar-refractivity contribution in [1.29, 1.82) is 0 Å². The van der Waals surface area contributed by atoms with Gasteiger partial charge in [0, 0.05) is 5.56 Å². The topological polar surface area (TPSA) is 35.0 Å². The monoisotopic (exact) mass is 418 g/mol. The van der Waals surface area contributed by atoms with E-state index in [4.69, 9.17) is 4.74 Å². The van der Waals surface area contributed by atoms with Crippen LogP contribution in [0.15, 0.2) is 48.8 Å². The highest BCUT2D eigenvalue weighted by atomic mass is 16.5. The van der Waals surface area contributed by atoms with E-state index in [9.17, 15) is 0 Å². The van der Waals surface area contributed by atoms with E-state index in [2.05, 4.69) is 54.2 Å². The third kappa shape index (κ3) is 5.02. The lowest BCUT2D eigenvalue weighted by Gasteiger charge is -2.54. The van der Waals surface area contributed by atoms with Gasteiger partial charge in [0.15, 0.2) is 11.6 Å². The van der Waals surface area contributed by atoms with Gasteiger partial charge in [-0.1, -0.05) is 69.5 Å². The molecular weight excluding hydrogens is 380 g/mol. The first-order chi connectivity index (χ1) is 15.2. The minimum absolute atomic E-state index is 0.412. The van der Waals surface area contributed by atoms with Crippen LogP contribution in [0.1, 0.15) is 90.0 Å². The lowest BCUT2D eigenvalue weighted by molar-refractivity contribution is 0.0305. The Hall–Kier alpha value is -2.16. The van der Waals surface area contributed by atoms with E-state index in [0.717, 1.165) is 17.8 Å². The highest BCUT2D eigenvalue weighted by molar-refractivity contribution is 5.56. The summed E-state index contributed by atoms with van der Waals surface area (Å²) >= 11 is 0. The van der Waals surface area contributed by atoms with Gasteiger partial charge in [0.1, 0.15) is 6.61 Å². The highest BCUT2D eigenvalue weighted by Crippen LogP contribution is 2.59. The Labute approximate surface area is 188 Å². The molecule has 3 heteroatoms. The summed E-state index contributed by atoms with van der Waals surface area (Å²) < 4.78 is 5.66. The standard InChI is InChI=1S/C28H38N2O/c1-3-5-7-13-27-14-17-28(18-15-27,19-16-27)24-11-9-23(10-12-24)26-29-21-25(22-30-26)31-20-8-6-4-2/h6,8-12,21-22H,3-5,7,13-20H2,1-2H3/b8-6+. The summed E-state index contributed by atoms with van der Waals surface area (Å²) in [6.45, 7) is 4.99. The summed E-state index contributed by atoms with van der Waals surface area (Å²) in [5.41, 5.74) is 3.69. The fraction of sp³-hybridized carbons (Fsp3) is 0.571. The summed E-state index contributed by atoms with van der Waals surface area (Å²) in [6, 6.07) is 9.10. The average Bonchev–Trinajstić information content (AvgIpc) is 2.84. The van der Waals surface area contributed by atoms with Crippen molar-refractivity contribution in [1.82, 2.24) is 9.97 Å². The quantitative estimate of drug-likeness (QED) is 0.293. The molecule has 2 aromatic rings. The van der Waals surface area contributed by atoms with Crippen LogP contribution in [0.5, 0.6) is 5.75 Å². The second-order valence-corrected chi connectivity index (χ2v) is 9.75. The van der Waals surface area contributed by atoms with Gasteiger partial charge in [-0.2, -0.15) is 0 Å². The largest absolute Gasteiger partial charge is 0.486 e. The first-order valence-electron chi connectivity index (χ1n) is 12.4. The molecule has 0 atom stereocenters. The number of allylic oxidation sites excluding steroid dienone is 1. The van der Waals surface area contributed by atoms with Crippen molar-refractivity contribution in [2.45, 2.75) is 89.9 Å². The van der Waals surface area contributed by atoms with E-state index in [-0.39, 0.29) is 0 Å². The maximum atomic E-state index is 5.66. The zero-order valence-corrected chi connectivity index (χ0v) is 19.4. The molecule has 3 aliphatic carbocycles. The number of hydrogen-bond donors (Lipinski definition) is 0. The molecule has 2 bridgehead atoms. The smallest absolute Gasteiger partial charge is 0.159 e. The molecule has 0 N–H and O–H groups in total. The average molecular weight is 419 g/mol. The van der Waals surface area contributed by atoms with E-state index in [1.54, 1.807) is 12.4 Å². The Balaban J connectivity index is 1.37. The minimum Gasteiger partial charge on any atom is -0.486 e. The lowest BCUT2D eigenvalue weighted by Crippen LogP contribution is -2.44.